The van der Waals surface area contributed by atoms with E-state index in [1.54, 1.807) is 18.5 Å². The molecule has 0 spiro atoms. The van der Waals surface area contributed by atoms with Gasteiger partial charge < -0.3 is 14.7 Å². The maximum atomic E-state index is 13.6. The minimum absolute atomic E-state index is 0.00433. The molecule has 2 amide bonds. The van der Waals surface area contributed by atoms with Gasteiger partial charge in [-0.2, -0.15) is 0 Å². The van der Waals surface area contributed by atoms with Crippen LogP contribution in [-0.4, -0.2) is 69.8 Å². The molecule has 2 aromatic rings. The summed E-state index contributed by atoms with van der Waals surface area (Å²) in [6.45, 7) is 2.69. The first-order chi connectivity index (χ1) is 15.2. The molecule has 2 saturated heterocycles. The number of anilines is 1. The summed E-state index contributed by atoms with van der Waals surface area (Å²) in [5, 5.41) is 0. The first kappa shape index (κ1) is 20.0. The molecule has 1 aromatic heterocycles. The number of rotatable bonds is 3. The van der Waals surface area contributed by atoms with Crippen molar-refractivity contribution in [2.75, 3.05) is 31.1 Å². The lowest BCUT2D eigenvalue weighted by molar-refractivity contribution is -0.136. The molecule has 162 valence electrons. The van der Waals surface area contributed by atoms with E-state index in [2.05, 4.69) is 14.9 Å². The molecule has 5 rings (SSSR count). The Morgan fingerprint density at radius 2 is 1.58 bits per heavy atom. The monoisotopic (exact) mass is 419 g/mol. The third-order valence-corrected chi connectivity index (χ3v) is 7.05. The summed E-state index contributed by atoms with van der Waals surface area (Å²) in [4.78, 5) is 41.7. The number of amides is 2. The number of aromatic nitrogens is 2. The van der Waals surface area contributed by atoms with Gasteiger partial charge in [0.15, 0.2) is 0 Å². The normalized spacial score (nSPS) is 25.9. The highest BCUT2D eigenvalue weighted by molar-refractivity contribution is 5.98. The Morgan fingerprint density at radius 1 is 0.871 bits per heavy atom. The quantitative estimate of drug-likeness (QED) is 0.765. The molecular formula is C24H29N5O2. The lowest BCUT2D eigenvalue weighted by Gasteiger charge is -2.38. The summed E-state index contributed by atoms with van der Waals surface area (Å²) in [7, 11) is 0. The van der Waals surface area contributed by atoms with E-state index in [4.69, 9.17) is 0 Å². The summed E-state index contributed by atoms with van der Waals surface area (Å²) in [5.74, 6) is 1.26. The van der Waals surface area contributed by atoms with Gasteiger partial charge >= 0.3 is 0 Å². The molecule has 7 nitrogen and oxygen atoms in total. The number of fused-ring (bicyclic) bond motifs is 1. The van der Waals surface area contributed by atoms with E-state index >= 15 is 0 Å². The molecule has 3 aliphatic rings. The summed E-state index contributed by atoms with van der Waals surface area (Å²) >= 11 is 0. The minimum atomic E-state index is -0.347. The van der Waals surface area contributed by atoms with Crippen molar-refractivity contribution in [2.24, 2.45) is 5.92 Å². The predicted molar refractivity (Wildman–Crippen MR) is 118 cm³/mol. The average Bonchev–Trinajstić information content (AvgIpc) is 3.24. The van der Waals surface area contributed by atoms with Crippen molar-refractivity contribution in [3.8, 4) is 0 Å². The van der Waals surface area contributed by atoms with Gasteiger partial charge in [-0.25, -0.2) is 9.97 Å². The molecular weight excluding hydrogens is 390 g/mol. The van der Waals surface area contributed by atoms with E-state index in [9.17, 15) is 9.59 Å². The van der Waals surface area contributed by atoms with Crippen molar-refractivity contribution >= 4 is 17.8 Å². The van der Waals surface area contributed by atoms with E-state index < -0.39 is 0 Å². The highest BCUT2D eigenvalue weighted by Gasteiger charge is 2.48. The Bertz CT molecular complexity index is 914. The zero-order chi connectivity index (χ0) is 21.2. The largest absolute Gasteiger partial charge is 0.337 e. The van der Waals surface area contributed by atoms with Crippen LogP contribution in [0.15, 0.2) is 48.8 Å². The Hall–Kier alpha value is -2.96. The summed E-state index contributed by atoms with van der Waals surface area (Å²) in [6, 6.07) is 11.1. The third-order valence-electron chi connectivity index (χ3n) is 7.05. The van der Waals surface area contributed by atoms with Crippen molar-refractivity contribution in [3.63, 3.8) is 0 Å². The van der Waals surface area contributed by atoms with Crippen molar-refractivity contribution < 1.29 is 9.59 Å². The number of carbonyl (C=O) groups is 2. The number of hydrogen-bond acceptors (Lipinski definition) is 5. The number of piperazine rings is 1. The van der Waals surface area contributed by atoms with Crippen LogP contribution in [-0.2, 0) is 4.79 Å². The molecule has 1 saturated carbocycles. The van der Waals surface area contributed by atoms with Crippen LogP contribution in [0.2, 0.25) is 0 Å². The number of nitrogens with zero attached hydrogens (tertiary/aromatic N) is 5. The molecule has 2 aliphatic heterocycles. The summed E-state index contributed by atoms with van der Waals surface area (Å²) in [5.41, 5.74) is 0.678. The van der Waals surface area contributed by atoms with Crippen molar-refractivity contribution in [1.29, 1.82) is 0 Å². The molecule has 1 aromatic carbocycles. The zero-order valence-electron chi connectivity index (χ0n) is 17.8. The van der Waals surface area contributed by atoms with Gasteiger partial charge in [0.25, 0.3) is 5.91 Å². The molecule has 3 fully saturated rings. The predicted octanol–water partition coefficient (Wildman–Crippen LogP) is 2.60. The fourth-order valence-corrected chi connectivity index (χ4v) is 5.49. The molecule has 3 atom stereocenters. The maximum Gasteiger partial charge on any atom is 0.254 e. The smallest absolute Gasteiger partial charge is 0.254 e. The molecule has 3 heterocycles. The van der Waals surface area contributed by atoms with Gasteiger partial charge in [0.2, 0.25) is 11.9 Å². The molecule has 1 aliphatic carbocycles. The van der Waals surface area contributed by atoms with Crippen LogP contribution in [0.5, 0.6) is 0 Å². The molecule has 0 bridgehead atoms. The highest BCUT2D eigenvalue weighted by Crippen LogP contribution is 2.41. The van der Waals surface area contributed by atoms with Crippen LogP contribution < -0.4 is 4.90 Å². The van der Waals surface area contributed by atoms with E-state index in [-0.39, 0.29) is 23.9 Å². The Kier molecular flexibility index (Phi) is 5.57. The average molecular weight is 420 g/mol. The van der Waals surface area contributed by atoms with Crippen LogP contribution in [0.1, 0.15) is 42.5 Å². The number of benzene rings is 1. The SMILES string of the molecule is O=C(C1CC2CCCCC2N1C(=O)c1ccccc1)N1CCN(c2ncccn2)CC1. The second-order valence-electron chi connectivity index (χ2n) is 8.80. The Labute approximate surface area is 183 Å². The van der Waals surface area contributed by atoms with E-state index in [0.29, 0.717) is 43.6 Å². The van der Waals surface area contributed by atoms with Crippen molar-refractivity contribution in [3.05, 3.63) is 54.4 Å². The van der Waals surface area contributed by atoms with Gasteiger partial charge in [0, 0.05) is 50.2 Å². The maximum absolute atomic E-state index is 13.6. The van der Waals surface area contributed by atoms with E-state index in [1.807, 2.05) is 40.1 Å². The molecule has 31 heavy (non-hydrogen) atoms. The number of carbonyl (C=O) groups excluding carboxylic acids is 2. The highest BCUT2D eigenvalue weighted by atomic mass is 16.2. The number of likely N-dealkylation sites (tertiary alicyclic amines) is 1. The first-order valence-corrected chi connectivity index (χ1v) is 11.4. The van der Waals surface area contributed by atoms with Crippen molar-refractivity contribution in [2.45, 2.75) is 44.2 Å². The second kappa shape index (κ2) is 8.65. The third kappa shape index (κ3) is 3.89. The topological polar surface area (TPSA) is 69.6 Å². The molecule has 0 radical (unpaired) electrons. The summed E-state index contributed by atoms with van der Waals surface area (Å²) < 4.78 is 0. The molecule has 0 N–H and O–H groups in total. The first-order valence-electron chi connectivity index (χ1n) is 11.4. The van der Waals surface area contributed by atoms with Gasteiger partial charge in [-0.1, -0.05) is 31.0 Å². The zero-order valence-corrected chi connectivity index (χ0v) is 17.8. The van der Waals surface area contributed by atoms with Gasteiger partial charge in [-0.3, -0.25) is 9.59 Å². The minimum Gasteiger partial charge on any atom is -0.337 e. The van der Waals surface area contributed by atoms with Crippen molar-refractivity contribution in [1.82, 2.24) is 19.8 Å². The van der Waals surface area contributed by atoms with Crippen LogP contribution >= 0.6 is 0 Å². The van der Waals surface area contributed by atoms with Crippen LogP contribution in [0.25, 0.3) is 0 Å². The van der Waals surface area contributed by atoms with Gasteiger partial charge in [0.1, 0.15) is 6.04 Å². The van der Waals surface area contributed by atoms with Gasteiger partial charge in [0.05, 0.1) is 0 Å². The number of hydrogen-bond donors (Lipinski definition) is 0. The fraction of sp³-hybridized carbons (Fsp3) is 0.500. The second-order valence-corrected chi connectivity index (χ2v) is 8.80. The fourth-order valence-electron chi connectivity index (χ4n) is 5.49. The van der Waals surface area contributed by atoms with E-state index in [1.165, 1.54) is 6.42 Å². The Morgan fingerprint density at radius 3 is 2.32 bits per heavy atom. The molecule has 7 heteroatoms. The lowest BCUT2D eigenvalue weighted by Crippen LogP contribution is -2.55. The van der Waals surface area contributed by atoms with Gasteiger partial charge in [-0.15, -0.1) is 0 Å². The van der Waals surface area contributed by atoms with Gasteiger partial charge in [-0.05, 0) is 43.4 Å². The lowest BCUT2D eigenvalue weighted by atomic mass is 9.84. The summed E-state index contributed by atoms with van der Waals surface area (Å²) in [6.07, 6.45) is 8.74. The van der Waals surface area contributed by atoms with E-state index in [0.717, 1.165) is 25.7 Å². The molecule has 3 unspecified atom stereocenters. The standard InChI is InChI=1S/C24H29N5O2/c30-22(18-7-2-1-3-8-18)29-20-10-5-4-9-19(20)17-21(29)23(31)27-13-15-28(16-14-27)24-25-11-6-12-26-24/h1-3,6-8,11-12,19-21H,4-5,9-10,13-17H2. The Balaban J connectivity index is 1.32. The van der Waals surface area contributed by atoms with Crippen LogP contribution in [0.3, 0.4) is 0 Å². The van der Waals surface area contributed by atoms with Crippen LogP contribution in [0.4, 0.5) is 5.95 Å². The van der Waals surface area contributed by atoms with Crippen LogP contribution in [0, 0.1) is 5.92 Å².